The number of rotatable bonds is 1. The number of aryl methyl sites for hydroxylation is 2. The van der Waals surface area contributed by atoms with E-state index in [2.05, 4.69) is 12.1 Å². The van der Waals surface area contributed by atoms with Gasteiger partial charge in [0, 0.05) is 13.1 Å². The molecular weight excluding hydrogens is 278 g/mol. The summed E-state index contributed by atoms with van der Waals surface area (Å²) in [6.45, 7) is 11.0. The Kier molecular flexibility index (Phi) is 4.69. The summed E-state index contributed by atoms with van der Waals surface area (Å²) in [5, 5.41) is 9.88. The molecule has 1 aromatic carbocycles. The first-order chi connectivity index (χ1) is 10.2. The summed E-state index contributed by atoms with van der Waals surface area (Å²) in [5.41, 5.74) is 2.66. The standard InChI is InChI=1S/C18H27NO3/c1-12-10-15(11-13(2)16(12)20)14-6-8-19(9-7-14)17(21)22-18(3,4)5/h10-11,14,20H,6-9H2,1-5H3. The second-order valence-corrected chi connectivity index (χ2v) is 7.24. The summed E-state index contributed by atoms with van der Waals surface area (Å²) in [6, 6.07) is 4.13. The molecule has 2 rings (SSSR count). The van der Waals surface area contributed by atoms with Crippen molar-refractivity contribution in [3.63, 3.8) is 0 Å². The summed E-state index contributed by atoms with van der Waals surface area (Å²) < 4.78 is 5.43. The highest BCUT2D eigenvalue weighted by atomic mass is 16.6. The van der Waals surface area contributed by atoms with Crippen LogP contribution in [0.3, 0.4) is 0 Å². The van der Waals surface area contributed by atoms with Gasteiger partial charge in [-0.25, -0.2) is 4.79 Å². The average Bonchev–Trinajstić information content (AvgIpc) is 2.42. The van der Waals surface area contributed by atoms with Crippen molar-refractivity contribution in [1.29, 1.82) is 0 Å². The van der Waals surface area contributed by atoms with E-state index in [0.717, 1.165) is 37.1 Å². The van der Waals surface area contributed by atoms with E-state index in [-0.39, 0.29) is 6.09 Å². The van der Waals surface area contributed by atoms with Crippen molar-refractivity contribution in [2.24, 2.45) is 0 Å². The van der Waals surface area contributed by atoms with Crippen molar-refractivity contribution in [1.82, 2.24) is 4.90 Å². The largest absolute Gasteiger partial charge is 0.507 e. The topological polar surface area (TPSA) is 49.8 Å². The van der Waals surface area contributed by atoms with Gasteiger partial charge in [-0.1, -0.05) is 12.1 Å². The molecule has 0 saturated carbocycles. The number of likely N-dealkylation sites (tertiary alicyclic amines) is 1. The number of piperidine rings is 1. The van der Waals surface area contributed by atoms with Crippen LogP contribution in [0.15, 0.2) is 12.1 Å². The number of aromatic hydroxyl groups is 1. The van der Waals surface area contributed by atoms with Gasteiger partial charge in [0.1, 0.15) is 11.4 Å². The number of hydrogen-bond acceptors (Lipinski definition) is 3. The fourth-order valence-electron chi connectivity index (χ4n) is 2.95. The molecule has 0 bridgehead atoms. The molecule has 22 heavy (non-hydrogen) atoms. The summed E-state index contributed by atoms with van der Waals surface area (Å²) >= 11 is 0. The van der Waals surface area contributed by atoms with Gasteiger partial charge < -0.3 is 14.7 Å². The molecule has 0 spiro atoms. The van der Waals surface area contributed by atoms with Gasteiger partial charge in [0.25, 0.3) is 0 Å². The van der Waals surface area contributed by atoms with Gasteiger partial charge in [-0.15, -0.1) is 0 Å². The maximum Gasteiger partial charge on any atom is 0.410 e. The summed E-state index contributed by atoms with van der Waals surface area (Å²) in [7, 11) is 0. The summed E-state index contributed by atoms with van der Waals surface area (Å²) in [4.78, 5) is 13.9. The minimum absolute atomic E-state index is 0.219. The number of phenolic OH excluding ortho intramolecular Hbond substituents is 1. The van der Waals surface area contributed by atoms with Gasteiger partial charge in [0.05, 0.1) is 0 Å². The van der Waals surface area contributed by atoms with E-state index in [1.165, 1.54) is 5.56 Å². The Bertz CT molecular complexity index is 529. The molecule has 0 aromatic heterocycles. The van der Waals surface area contributed by atoms with Gasteiger partial charge in [-0.05, 0) is 70.1 Å². The lowest BCUT2D eigenvalue weighted by Crippen LogP contribution is -2.41. The molecule has 1 aliphatic heterocycles. The monoisotopic (exact) mass is 305 g/mol. The number of carbonyl (C=O) groups is 1. The van der Waals surface area contributed by atoms with E-state index in [4.69, 9.17) is 4.74 Å². The Morgan fingerprint density at radius 2 is 1.68 bits per heavy atom. The van der Waals surface area contributed by atoms with Crippen LogP contribution in [0.5, 0.6) is 5.75 Å². The van der Waals surface area contributed by atoms with Crippen molar-refractivity contribution in [2.75, 3.05) is 13.1 Å². The molecule has 1 aliphatic rings. The zero-order valence-corrected chi connectivity index (χ0v) is 14.3. The minimum Gasteiger partial charge on any atom is -0.507 e. The van der Waals surface area contributed by atoms with Crippen LogP contribution in [0.1, 0.15) is 56.2 Å². The van der Waals surface area contributed by atoms with Crippen molar-refractivity contribution >= 4 is 6.09 Å². The van der Waals surface area contributed by atoms with E-state index in [1.807, 2.05) is 34.6 Å². The number of phenols is 1. The first-order valence-electron chi connectivity index (χ1n) is 7.95. The lowest BCUT2D eigenvalue weighted by atomic mass is 9.87. The van der Waals surface area contributed by atoms with E-state index in [9.17, 15) is 9.90 Å². The van der Waals surface area contributed by atoms with E-state index >= 15 is 0 Å². The predicted molar refractivity (Wildman–Crippen MR) is 87.4 cm³/mol. The Balaban J connectivity index is 1.99. The molecule has 0 aliphatic carbocycles. The zero-order chi connectivity index (χ0) is 16.5. The smallest absolute Gasteiger partial charge is 0.410 e. The van der Waals surface area contributed by atoms with E-state index < -0.39 is 5.60 Å². The third-order valence-corrected chi connectivity index (χ3v) is 4.13. The van der Waals surface area contributed by atoms with Crippen molar-refractivity contribution in [3.05, 3.63) is 28.8 Å². The quantitative estimate of drug-likeness (QED) is 0.849. The van der Waals surface area contributed by atoms with Crippen LogP contribution in [0, 0.1) is 13.8 Å². The van der Waals surface area contributed by atoms with Gasteiger partial charge >= 0.3 is 6.09 Å². The van der Waals surface area contributed by atoms with Crippen molar-refractivity contribution < 1.29 is 14.6 Å². The minimum atomic E-state index is -0.445. The molecule has 0 radical (unpaired) electrons. The van der Waals surface area contributed by atoms with Crippen LogP contribution >= 0.6 is 0 Å². The molecule has 4 nitrogen and oxygen atoms in total. The lowest BCUT2D eigenvalue weighted by molar-refractivity contribution is 0.0205. The third kappa shape index (κ3) is 3.93. The average molecular weight is 305 g/mol. The first kappa shape index (κ1) is 16.7. The van der Waals surface area contributed by atoms with E-state index in [0.29, 0.717) is 11.7 Å². The molecule has 1 heterocycles. The zero-order valence-electron chi connectivity index (χ0n) is 14.3. The lowest BCUT2D eigenvalue weighted by Gasteiger charge is -2.33. The number of hydrogen-bond donors (Lipinski definition) is 1. The summed E-state index contributed by atoms with van der Waals surface area (Å²) in [6.07, 6.45) is 1.65. The Morgan fingerprint density at radius 3 is 2.14 bits per heavy atom. The normalized spacial score (nSPS) is 16.7. The SMILES string of the molecule is Cc1cc(C2CCN(C(=O)OC(C)(C)C)CC2)cc(C)c1O. The number of amides is 1. The molecule has 1 N–H and O–H groups in total. The van der Waals surface area contributed by atoms with E-state index in [1.54, 1.807) is 4.90 Å². The first-order valence-corrected chi connectivity index (χ1v) is 7.95. The highest BCUT2D eigenvalue weighted by molar-refractivity contribution is 5.68. The Labute approximate surface area is 133 Å². The van der Waals surface area contributed by atoms with Crippen LogP contribution in [0.4, 0.5) is 4.79 Å². The fraction of sp³-hybridized carbons (Fsp3) is 0.611. The van der Waals surface area contributed by atoms with Crippen LogP contribution in [0.25, 0.3) is 0 Å². The van der Waals surface area contributed by atoms with Gasteiger partial charge in [-0.2, -0.15) is 0 Å². The van der Waals surface area contributed by atoms with Crippen LogP contribution < -0.4 is 0 Å². The number of nitrogens with zero attached hydrogens (tertiary/aromatic N) is 1. The molecule has 0 atom stereocenters. The van der Waals surface area contributed by atoms with Crippen LogP contribution in [-0.2, 0) is 4.74 Å². The second kappa shape index (κ2) is 6.19. The molecule has 1 fully saturated rings. The molecule has 1 saturated heterocycles. The maximum absolute atomic E-state index is 12.1. The molecular formula is C18H27NO3. The molecule has 1 aromatic rings. The van der Waals surface area contributed by atoms with Gasteiger partial charge in [0.15, 0.2) is 0 Å². The highest BCUT2D eigenvalue weighted by Gasteiger charge is 2.27. The number of carbonyl (C=O) groups excluding carboxylic acids is 1. The summed E-state index contributed by atoms with van der Waals surface area (Å²) in [5.74, 6) is 0.826. The third-order valence-electron chi connectivity index (χ3n) is 4.13. The highest BCUT2D eigenvalue weighted by Crippen LogP contribution is 2.33. The van der Waals surface area contributed by atoms with Crippen LogP contribution in [0.2, 0.25) is 0 Å². The Hall–Kier alpha value is -1.71. The second-order valence-electron chi connectivity index (χ2n) is 7.24. The molecule has 1 amide bonds. The number of ether oxygens (including phenoxy) is 1. The maximum atomic E-state index is 12.1. The van der Waals surface area contributed by atoms with Crippen molar-refractivity contribution in [2.45, 2.75) is 59.0 Å². The molecule has 122 valence electrons. The Morgan fingerprint density at radius 1 is 1.18 bits per heavy atom. The predicted octanol–water partition coefficient (Wildman–Crippen LogP) is 4.12. The fourth-order valence-corrected chi connectivity index (χ4v) is 2.95. The number of benzene rings is 1. The molecule has 4 heteroatoms. The van der Waals surface area contributed by atoms with Gasteiger partial charge in [0.2, 0.25) is 0 Å². The van der Waals surface area contributed by atoms with Gasteiger partial charge in [-0.3, -0.25) is 0 Å². The van der Waals surface area contributed by atoms with Crippen LogP contribution in [-0.4, -0.2) is 34.8 Å². The molecule has 0 unspecified atom stereocenters. The van der Waals surface area contributed by atoms with Crippen molar-refractivity contribution in [3.8, 4) is 5.75 Å².